The van der Waals surface area contributed by atoms with Crippen LogP contribution < -0.4 is 15.4 Å². The molecule has 1 heterocycles. The van der Waals surface area contributed by atoms with Crippen LogP contribution >= 0.6 is 23.2 Å². The zero-order chi connectivity index (χ0) is 34.7. The monoisotopic (exact) mass is 690 g/mol. The number of rotatable bonds is 9. The van der Waals surface area contributed by atoms with Crippen molar-refractivity contribution in [3.05, 3.63) is 76.8 Å². The van der Waals surface area contributed by atoms with Gasteiger partial charge in [-0.25, -0.2) is 4.79 Å². The quantitative estimate of drug-likeness (QED) is 0.249. The summed E-state index contributed by atoms with van der Waals surface area (Å²) in [6, 6.07) is 13.0. The van der Waals surface area contributed by atoms with Crippen molar-refractivity contribution in [2.45, 2.75) is 76.7 Å². The Labute approximate surface area is 286 Å². The largest absolute Gasteiger partial charge is 0.495 e. The first-order chi connectivity index (χ1) is 22.3. The lowest BCUT2D eigenvalue weighted by Crippen LogP contribution is -2.49. The maximum atomic E-state index is 13.5. The molecule has 2 aromatic rings. The van der Waals surface area contributed by atoms with Gasteiger partial charge in [-0.05, 0) is 41.7 Å². The number of ether oxygens (including phenoxy) is 3. The van der Waals surface area contributed by atoms with E-state index in [-0.39, 0.29) is 31.7 Å². The van der Waals surface area contributed by atoms with Crippen molar-refractivity contribution in [3.63, 3.8) is 0 Å². The molecule has 1 aliphatic heterocycles. The molecule has 0 fully saturated rings. The molecule has 12 heteroatoms. The Balaban J connectivity index is 1.92. The molecule has 0 saturated heterocycles. The number of methoxy groups -OCH3 is 1. The highest BCUT2D eigenvalue weighted by atomic mass is 35.5. The third kappa shape index (κ3) is 11.3. The van der Waals surface area contributed by atoms with Gasteiger partial charge in [-0.15, -0.1) is 11.6 Å². The van der Waals surface area contributed by atoms with Crippen molar-refractivity contribution in [1.82, 2.24) is 10.6 Å². The lowest BCUT2D eigenvalue weighted by molar-refractivity contribution is -0.177. The zero-order valence-corrected chi connectivity index (χ0v) is 28.8. The summed E-state index contributed by atoms with van der Waals surface area (Å²) in [5, 5.41) is 16.2. The average molecular weight is 692 g/mol. The van der Waals surface area contributed by atoms with E-state index in [9.17, 15) is 24.3 Å². The number of aliphatic hydroxyl groups excluding tert-OH is 1. The number of carbonyl (C=O) groups is 4. The van der Waals surface area contributed by atoms with Gasteiger partial charge in [-0.3, -0.25) is 14.4 Å². The summed E-state index contributed by atoms with van der Waals surface area (Å²) in [5.41, 5.74) is 1.36. The molecule has 1 aliphatic rings. The van der Waals surface area contributed by atoms with Crippen LogP contribution in [0.3, 0.4) is 0 Å². The summed E-state index contributed by atoms with van der Waals surface area (Å²) in [4.78, 5) is 52.9. The lowest BCUT2D eigenvalue weighted by atomic mass is 9.90. The Bertz CT molecular complexity index is 1400. The zero-order valence-electron chi connectivity index (χ0n) is 27.3. The summed E-state index contributed by atoms with van der Waals surface area (Å²) >= 11 is 12.9. The second-order valence-corrected chi connectivity index (χ2v) is 13.1. The highest BCUT2D eigenvalue weighted by Crippen LogP contribution is 2.32. The minimum atomic E-state index is -1.22. The van der Waals surface area contributed by atoms with Gasteiger partial charge in [0.25, 0.3) is 0 Å². The van der Waals surface area contributed by atoms with Gasteiger partial charge >= 0.3 is 11.9 Å². The molecule has 0 bridgehead atoms. The van der Waals surface area contributed by atoms with Crippen LogP contribution in [0.25, 0.3) is 0 Å². The maximum absolute atomic E-state index is 13.5. The number of halogens is 2. The molecule has 10 nitrogen and oxygen atoms in total. The van der Waals surface area contributed by atoms with Gasteiger partial charge < -0.3 is 30.0 Å². The van der Waals surface area contributed by atoms with Crippen LogP contribution in [0.5, 0.6) is 5.75 Å². The molecule has 3 unspecified atom stereocenters. The van der Waals surface area contributed by atoms with Gasteiger partial charge in [0.05, 0.1) is 29.5 Å². The number of aliphatic hydroxyl groups is 1. The van der Waals surface area contributed by atoms with Crippen molar-refractivity contribution in [2.75, 3.05) is 13.7 Å². The Morgan fingerprint density at radius 1 is 1.02 bits per heavy atom. The van der Waals surface area contributed by atoms with Crippen molar-refractivity contribution < 1.29 is 38.5 Å². The second-order valence-electron chi connectivity index (χ2n) is 12.2. The number of amides is 2. The van der Waals surface area contributed by atoms with E-state index in [4.69, 9.17) is 37.4 Å². The fourth-order valence-corrected chi connectivity index (χ4v) is 5.72. The third-order valence-corrected chi connectivity index (χ3v) is 8.73. The van der Waals surface area contributed by atoms with Crippen LogP contribution in [-0.2, 0) is 35.1 Å². The topological polar surface area (TPSA) is 140 Å². The Kier molecular flexibility index (Phi) is 14.6. The first-order valence-electron chi connectivity index (χ1n) is 15.7. The van der Waals surface area contributed by atoms with Crippen LogP contribution in [0.4, 0.5) is 0 Å². The number of cyclic esters (lactones) is 2. The number of benzene rings is 2. The molecule has 0 aromatic heterocycles. The van der Waals surface area contributed by atoms with Crippen molar-refractivity contribution >= 4 is 47.0 Å². The first-order valence-corrected chi connectivity index (χ1v) is 16.5. The minimum Gasteiger partial charge on any atom is -0.495 e. The van der Waals surface area contributed by atoms with Gasteiger partial charge in [0.1, 0.15) is 17.9 Å². The number of nitrogens with one attached hydrogen (secondary N) is 2. The minimum absolute atomic E-state index is 0.0245. The van der Waals surface area contributed by atoms with Crippen LogP contribution in [0.15, 0.2) is 60.7 Å². The molecule has 2 amide bonds. The third-order valence-electron chi connectivity index (χ3n) is 7.93. The van der Waals surface area contributed by atoms with Gasteiger partial charge in [0.2, 0.25) is 11.8 Å². The maximum Gasteiger partial charge on any atom is 0.347 e. The van der Waals surface area contributed by atoms with E-state index >= 15 is 0 Å². The van der Waals surface area contributed by atoms with Crippen molar-refractivity contribution in [2.24, 2.45) is 17.8 Å². The molecule has 0 radical (unpaired) electrons. The van der Waals surface area contributed by atoms with Crippen molar-refractivity contribution in [3.8, 4) is 5.75 Å². The molecule has 3 rings (SSSR count). The molecular weight excluding hydrogens is 647 g/mol. The van der Waals surface area contributed by atoms with Gasteiger partial charge in [0, 0.05) is 25.3 Å². The predicted molar refractivity (Wildman–Crippen MR) is 179 cm³/mol. The van der Waals surface area contributed by atoms with E-state index in [1.807, 2.05) is 19.9 Å². The standard InChI is InChI=1S/C35H44Cl2N2O8/c1-20(2)16-29-35(44)46-27(22(4)32(41)31(37)24-10-7-6-8-11-24)12-9-13-30(40)39-26(33(42)38-19-21(3)34(43)47-29)18-23-14-15-28(45-5)25(36)17-23/h6-11,13-15,17,20-22,26-27,29,31-32,41H,12,16,18-19H2,1-5H3,(H,38,42)(H,39,40)/t21-,22+,26-,27?,29+,31?,32?/m1/s1. The molecule has 0 aliphatic carbocycles. The highest BCUT2D eigenvalue weighted by molar-refractivity contribution is 6.32. The molecule has 7 atom stereocenters. The number of hydrogen-bond donors (Lipinski definition) is 3. The normalized spacial score (nSPS) is 23.6. The molecule has 0 spiro atoms. The SMILES string of the molecule is COc1ccc(C[C@H]2NC(=O)C=CCC([C@H](C)C(O)C(Cl)c3ccccc3)OC(=O)[C@H](CC(C)C)OC(=O)[C@H](C)CNC2=O)cc1Cl. The molecule has 3 N–H and O–H groups in total. The Morgan fingerprint density at radius 3 is 2.36 bits per heavy atom. The Hall–Kier alpha value is -3.60. The van der Waals surface area contributed by atoms with Crippen LogP contribution in [0.2, 0.25) is 5.02 Å². The number of esters is 2. The number of hydrogen-bond acceptors (Lipinski definition) is 8. The lowest BCUT2D eigenvalue weighted by Gasteiger charge is -2.31. The van der Waals surface area contributed by atoms with E-state index in [0.717, 1.165) is 0 Å². The summed E-state index contributed by atoms with van der Waals surface area (Å²) in [7, 11) is 1.49. The summed E-state index contributed by atoms with van der Waals surface area (Å²) in [6.45, 7) is 6.91. The van der Waals surface area contributed by atoms with Crippen LogP contribution in [-0.4, -0.2) is 66.9 Å². The van der Waals surface area contributed by atoms with E-state index < -0.39 is 65.3 Å². The number of carbonyl (C=O) groups excluding carboxylic acids is 4. The summed E-state index contributed by atoms with van der Waals surface area (Å²) in [5.74, 6) is -3.64. The van der Waals surface area contributed by atoms with E-state index in [1.54, 1.807) is 56.3 Å². The predicted octanol–water partition coefficient (Wildman–Crippen LogP) is 4.93. The van der Waals surface area contributed by atoms with E-state index in [0.29, 0.717) is 21.9 Å². The highest BCUT2D eigenvalue weighted by Gasteiger charge is 2.36. The first kappa shape index (κ1) is 37.9. The molecule has 256 valence electrons. The van der Waals surface area contributed by atoms with Gasteiger partial charge in [-0.1, -0.05) is 81.8 Å². The van der Waals surface area contributed by atoms with E-state index in [2.05, 4.69) is 10.6 Å². The van der Waals surface area contributed by atoms with Crippen LogP contribution in [0.1, 0.15) is 57.0 Å². The summed E-state index contributed by atoms with van der Waals surface area (Å²) in [6.07, 6.45) is -0.230. The van der Waals surface area contributed by atoms with Crippen molar-refractivity contribution in [1.29, 1.82) is 0 Å². The smallest absolute Gasteiger partial charge is 0.347 e. The fourth-order valence-electron chi connectivity index (χ4n) is 5.06. The molecule has 0 saturated carbocycles. The average Bonchev–Trinajstić information content (AvgIpc) is 3.04. The molecular formula is C35H44Cl2N2O8. The summed E-state index contributed by atoms with van der Waals surface area (Å²) < 4.78 is 16.7. The molecule has 2 aromatic carbocycles. The van der Waals surface area contributed by atoms with Crippen LogP contribution in [0, 0.1) is 17.8 Å². The van der Waals surface area contributed by atoms with Gasteiger partial charge in [0.15, 0.2) is 6.10 Å². The Morgan fingerprint density at radius 2 is 1.72 bits per heavy atom. The van der Waals surface area contributed by atoms with E-state index in [1.165, 1.54) is 19.3 Å². The second kappa shape index (κ2) is 18.1. The fraction of sp³-hybridized carbons (Fsp3) is 0.486. The van der Waals surface area contributed by atoms with Gasteiger partial charge in [-0.2, -0.15) is 0 Å². The molecule has 47 heavy (non-hydrogen) atoms. The number of alkyl halides is 1.